The van der Waals surface area contributed by atoms with Crippen molar-refractivity contribution in [3.8, 4) is 5.75 Å². The Bertz CT molecular complexity index is 478. The van der Waals surface area contributed by atoms with Gasteiger partial charge in [0.05, 0.1) is 26.5 Å². The monoisotopic (exact) mass is 325 g/mol. The summed E-state index contributed by atoms with van der Waals surface area (Å²) in [5.41, 5.74) is 0.833. The molecule has 0 aromatic heterocycles. The summed E-state index contributed by atoms with van der Waals surface area (Å²) in [5.74, 6) is 0.834. The Morgan fingerprint density at radius 2 is 1.73 bits per heavy atom. The number of ether oxygens (including phenoxy) is 2. The fourth-order valence-electron chi connectivity index (χ4n) is 1.54. The van der Waals surface area contributed by atoms with Gasteiger partial charge in [-0.25, -0.2) is 0 Å². The Kier molecular flexibility index (Phi) is 6.91. The number of hydrogen-bond acceptors (Lipinski definition) is 4. The van der Waals surface area contributed by atoms with Gasteiger partial charge in [0.2, 0.25) is 0 Å². The van der Waals surface area contributed by atoms with Gasteiger partial charge in [0.15, 0.2) is 0 Å². The Morgan fingerprint density at radius 3 is 2.23 bits per heavy atom. The van der Waals surface area contributed by atoms with Crippen molar-refractivity contribution in [3.63, 3.8) is 0 Å². The molecule has 1 aromatic carbocycles. The van der Waals surface area contributed by atoms with Crippen LogP contribution in [0.5, 0.6) is 5.75 Å². The number of hydrogen-bond donors (Lipinski definition) is 0. The molecule has 0 aliphatic heterocycles. The summed E-state index contributed by atoms with van der Waals surface area (Å²) in [6.45, 7) is 10.8. The summed E-state index contributed by atoms with van der Waals surface area (Å²) < 4.78 is 26.6. The fourth-order valence-corrected chi connectivity index (χ4v) is 2.24. The summed E-state index contributed by atoms with van der Waals surface area (Å²) in [6, 6.07) is 7.79. The molecule has 0 aliphatic carbocycles. The van der Waals surface area contributed by atoms with Gasteiger partial charge < -0.3 is 14.0 Å². The first-order valence-corrected chi connectivity index (χ1v) is 8.43. The summed E-state index contributed by atoms with van der Waals surface area (Å²) >= 11 is -1.23. The van der Waals surface area contributed by atoms with Gasteiger partial charge in [-0.15, -0.1) is 0 Å². The normalized spacial score (nSPS) is 14.3. The topological polar surface area (TPSA) is 53.9 Å². The summed E-state index contributed by atoms with van der Waals surface area (Å²) in [4.78, 5) is 0. The first kappa shape index (κ1) is 19.0. The molecule has 0 amide bonds. The van der Waals surface area contributed by atoms with Crippen molar-refractivity contribution in [3.05, 3.63) is 29.8 Å². The molecule has 1 unspecified atom stereocenters. The molecule has 0 saturated carbocycles. The van der Waals surface area contributed by atoms with Crippen molar-refractivity contribution in [2.24, 2.45) is 9.81 Å². The minimum Gasteiger partial charge on any atom is -0.591 e. The average Bonchev–Trinajstić information content (AvgIpc) is 2.44. The van der Waals surface area contributed by atoms with Crippen LogP contribution < -0.4 is 4.74 Å². The van der Waals surface area contributed by atoms with Crippen LogP contribution in [0, 0.1) is 5.41 Å². The number of rotatable bonds is 7. The molecule has 1 atom stereocenters. The van der Waals surface area contributed by atoms with Crippen LogP contribution >= 0.6 is 0 Å². The molecule has 0 radical (unpaired) electrons. The Labute approximate surface area is 137 Å². The predicted molar refractivity (Wildman–Crippen MR) is 92.8 cm³/mol. The quantitative estimate of drug-likeness (QED) is 0.566. The number of methoxy groups -OCH3 is 1. The SMILES string of the molecule is COc1ccc(COCC(C)(C)/C=N/[S+]([O-])C(C)(C)C)cc1. The number of nitrogens with zero attached hydrogens (tertiary/aromatic N) is 1. The lowest BCUT2D eigenvalue weighted by atomic mass is 9.97. The van der Waals surface area contributed by atoms with Gasteiger partial charge in [-0.1, -0.05) is 30.4 Å². The molecular weight excluding hydrogens is 298 g/mol. The van der Waals surface area contributed by atoms with Crippen molar-refractivity contribution < 1.29 is 14.0 Å². The van der Waals surface area contributed by atoms with E-state index in [2.05, 4.69) is 4.40 Å². The molecular formula is C17H27NO3S. The van der Waals surface area contributed by atoms with E-state index in [9.17, 15) is 4.55 Å². The lowest BCUT2D eigenvalue weighted by Crippen LogP contribution is -2.28. The van der Waals surface area contributed by atoms with Gasteiger partial charge in [-0.2, -0.15) is 0 Å². The molecule has 0 N–H and O–H groups in total. The first-order chi connectivity index (χ1) is 10.1. The van der Waals surface area contributed by atoms with Gasteiger partial charge in [0.1, 0.15) is 21.9 Å². The molecule has 1 rings (SSSR count). The fraction of sp³-hybridized carbons (Fsp3) is 0.588. The first-order valence-electron chi connectivity index (χ1n) is 7.32. The van der Waals surface area contributed by atoms with Crippen LogP contribution in [0.2, 0.25) is 0 Å². The maximum absolute atomic E-state index is 11.9. The molecule has 0 heterocycles. The third kappa shape index (κ3) is 6.81. The van der Waals surface area contributed by atoms with E-state index in [1.807, 2.05) is 58.9 Å². The van der Waals surface area contributed by atoms with Crippen molar-refractivity contribution >= 4 is 17.6 Å². The van der Waals surface area contributed by atoms with E-state index in [-0.39, 0.29) is 10.2 Å². The highest BCUT2D eigenvalue weighted by molar-refractivity contribution is 7.91. The van der Waals surface area contributed by atoms with Crippen LogP contribution in [0.25, 0.3) is 0 Å². The van der Waals surface area contributed by atoms with Crippen molar-refractivity contribution in [1.82, 2.24) is 0 Å². The molecule has 4 nitrogen and oxygen atoms in total. The zero-order valence-electron chi connectivity index (χ0n) is 14.4. The third-order valence-corrected chi connectivity index (χ3v) is 4.27. The molecule has 22 heavy (non-hydrogen) atoms. The van der Waals surface area contributed by atoms with Gasteiger partial charge >= 0.3 is 0 Å². The summed E-state index contributed by atoms with van der Waals surface area (Å²) in [6.07, 6.45) is 1.74. The van der Waals surface area contributed by atoms with Gasteiger partial charge in [-0.05, 0) is 38.5 Å². The second kappa shape index (κ2) is 7.99. The molecule has 0 spiro atoms. The van der Waals surface area contributed by atoms with Gasteiger partial charge in [0, 0.05) is 5.41 Å². The van der Waals surface area contributed by atoms with E-state index in [0.29, 0.717) is 13.2 Å². The summed E-state index contributed by atoms with van der Waals surface area (Å²) in [5, 5.41) is 0. The molecule has 0 bridgehead atoms. The second-order valence-electron chi connectivity index (χ2n) is 6.93. The van der Waals surface area contributed by atoms with Crippen molar-refractivity contribution in [1.29, 1.82) is 0 Å². The molecule has 0 aliphatic rings. The van der Waals surface area contributed by atoms with Gasteiger partial charge in [0.25, 0.3) is 0 Å². The molecule has 124 valence electrons. The maximum Gasteiger partial charge on any atom is 0.144 e. The number of benzene rings is 1. The van der Waals surface area contributed by atoms with E-state index in [1.165, 1.54) is 0 Å². The van der Waals surface area contributed by atoms with Crippen LogP contribution in [0.1, 0.15) is 40.2 Å². The highest BCUT2D eigenvalue weighted by atomic mass is 32.2. The van der Waals surface area contributed by atoms with E-state index in [4.69, 9.17) is 9.47 Å². The third-order valence-electron chi connectivity index (χ3n) is 2.92. The maximum atomic E-state index is 11.9. The van der Waals surface area contributed by atoms with E-state index in [0.717, 1.165) is 11.3 Å². The lowest BCUT2D eigenvalue weighted by molar-refractivity contribution is 0.0805. The average molecular weight is 325 g/mol. The summed E-state index contributed by atoms with van der Waals surface area (Å²) in [7, 11) is 1.65. The predicted octanol–water partition coefficient (Wildman–Crippen LogP) is 3.77. The van der Waals surface area contributed by atoms with E-state index >= 15 is 0 Å². The van der Waals surface area contributed by atoms with Crippen LogP contribution in [-0.2, 0) is 22.7 Å². The Morgan fingerprint density at radius 1 is 1.14 bits per heavy atom. The molecule has 1 aromatic rings. The van der Waals surface area contributed by atoms with Crippen LogP contribution in [-0.4, -0.2) is 29.2 Å². The van der Waals surface area contributed by atoms with Gasteiger partial charge in [-0.3, -0.25) is 0 Å². The highest BCUT2D eigenvalue weighted by Crippen LogP contribution is 2.20. The largest absolute Gasteiger partial charge is 0.591 e. The Hall–Kier alpha value is -1.04. The van der Waals surface area contributed by atoms with E-state index in [1.54, 1.807) is 13.3 Å². The standard InChI is InChI=1S/C17H27NO3S/c1-16(2,3)22(19)18-12-17(4,5)13-21-11-14-7-9-15(20-6)10-8-14/h7-10,12H,11,13H2,1-6H3/b18-12+. The van der Waals surface area contributed by atoms with Crippen LogP contribution in [0.3, 0.4) is 0 Å². The van der Waals surface area contributed by atoms with Crippen LogP contribution in [0.4, 0.5) is 0 Å². The van der Waals surface area contributed by atoms with Crippen molar-refractivity contribution in [2.45, 2.75) is 46.0 Å². The zero-order chi connectivity index (χ0) is 16.8. The molecule has 0 fully saturated rings. The zero-order valence-corrected chi connectivity index (χ0v) is 15.2. The minimum absolute atomic E-state index is 0.257. The second-order valence-corrected chi connectivity index (χ2v) is 8.86. The van der Waals surface area contributed by atoms with E-state index < -0.39 is 11.4 Å². The lowest BCUT2D eigenvalue weighted by Gasteiger charge is -2.22. The van der Waals surface area contributed by atoms with Crippen LogP contribution in [0.15, 0.2) is 28.7 Å². The Balaban J connectivity index is 2.46. The molecule has 5 heteroatoms. The molecule has 0 saturated heterocycles. The minimum atomic E-state index is -1.23. The van der Waals surface area contributed by atoms with Crippen molar-refractivity contribution in [2.75, 3.05) is 13.7 Å². The smallest absolute Gasteiger partial charge is 0.144 e. The highest BCUT2D eigenvalue weighted by Gasteiger charge is 2.27.